The van der Waals surface area contributed by atoms with E-state index in [1.807, 2.05) is 72.8 Å². The van der Waals surface area contributed by atoms with Gasteiger partial charge in [-0.15, -0.1) is 0 Å². The molecule has 0 aliphatic heterocycles. The molecule has 1 N–H and O–H groups in total. The van der Waals surface area contributed by atoms with Crippen LogP contribution < -0.4 is 15.1 Å². The maximum absolute atomic E-state index is 12.9. The van der Waals surface area contributed by atoms with E-state index in [1.54, 1.807) is 7.05 Å². The van der Waals surface area contributed by atoms with Crippen LogP contribution in [0, 0.1) is 0 Å². The number of benzene rings is 3. The molecule has 0 spiro atoms. The predicted octanol–water partition coefficient (Wildman–Crippen LogP) is 3.75. The summed E-state index contributed by atoms with van der Waals surface area (Å²) in [6.45, 7) is 0.285. The van der Waals surface area contributed by atoms with Crippen molar-refractivity contribution in [2.24, 2.45) is 7.05 Å². The van der Waals surface area contributed by atoms with Crippen LogP contribution in [0.1, 0.15) is 16.1 Å². The zero-order valence-electron chi connectivity index (χ0n) is 16.2. The molecule has 0 saturated carbocycles. The van der Waals surface area contributed by atoms with Gasteiger partial charge in [0.1, 0.15) is 5.82 Å². The monoisotopic (exact) mass is 417 g/mol. The molecule has 4 rings (SSSR count). The Kier molecular flexibility index (Phi) is 5.54. The number of carbonyl (C=O) groups is 1. The average Bonchev–Trinajstić information content (AvgIpc) is 2.79. The van der Waals surface area contributed by atoms with E-state index in [0.717, 1.165) is 16.3 Å². The molecule has 1 amide bonds. The Hall–Kier alpha value is -3.58. The summed E-state index contributed by atoms with van der Waals surface area (Å²) in [5, 5.41) is 5.03. The number of hydrogen-bond acceptors (Lipinski definition) is 5. The fourth-order valence-corrected chi connectivity index (χ4v) is 3.44. The summed E-state index contributed by atoms with van der Waals surface area (Å²) in [6.07, 6.45) is 0. The number of carbonyl (C=O) groups excluding carboxylic acids is 1. The van der Waals surface area contributed by atoms with Gasteiger partial charge in [0.2, 0.25) is 5.75 Å². The Bertz CT molecular complexity index is 1290. The average molecular weight is 417 g/mol. The van der Waals surface area contributed by atoms with Crippen molar-refractivity contribution in [1.29, 1.82) is 0 Å². The number of nitrogens with one attached hydrogen (secondary N) is 1. The van der Waals surface area contributed by atoms with E-state index >= 15 is 0 Å². The highest BCUT2D eigenvalue weighted by Crippen LogP contribution is 2.20. The first-order valence-corrected chi connectivity index (χ1v) is 9.68. The lowest BCUT2D eigenvalue weighted by molar-refractivity contribution is 0.0944. The molecule has 6 nitrogen and oxygen atoms in total. The molecule has 0 saturated heterocycles. The first-order chi connectivity index (χ1) is 14.6. The van der Waals surface area contributed by atoms with Gasteiger partial charge in [0, 0.05) is 32.1 Å². The molecule has 0 unspecified atom stereocenters. The maximum Gasteiger partial charge on any atom is 0.298 e. The molecule has 30 heavy (non-hydrogen) atoms. The van der Waals surface area contributed by atoms with Crippen LogP contribution in [0.3, 0.4) is 0 Å². The molecule has 0 fully saturated rings. The second-order valence-corrected chi connectivity index (χ2v) is 6.98. The van der Waals surface area contributed by atoms with Gasteiger partial charge < -0.3 is 9.50 Å². The van der Waals surface area contributed by atoms with Gasteiger partial charge in [-0.05, 0) is 22.4 Å². The molecule has 0 atom stereocenters. The summed E-state index contributed by atoms with van der Waals surface area (Å²) in [4.78, 5) is 30.0. The van der Waals surface area contributed by atoms with Crippen LogP contribution in [0.15, 0.2) is 77.6 Å². The van der Waals surface area contributed by atoms with Crippen molar-refractivity contribution >= 4 is 29.6 Å². The van der Waals surface area contributed by atoms with Crippen molar-refractivity contribution in [3.63, 3.8) is 0 Å². The van der Waals surface area contributed by atoms with E-state index < -0.39 is 11.5 Å². The van der Waals surface area contributed by atoms with Crippen molar-refractivity contribution in [2.75, 3.05) is 0 Å². The van der Waals surface area contributed by atoms with Crippen molar-refractivity contribution in [1.82, 2.24) is 14.9 Å². The highest BCUT2D eigenvalue weighted by molar-refractivity contribution is 7.75. The second kappa shape index (κ2) is 8.42. The predicted molar refractivity (Wildman–Crippen MR) is 120 cm³/mol. The third kappa shape index (κ3) is 3.79. The Morgan fingerprint density at radius 1 is 1.03 bits per heavy atom. The summed E-state index contributed by atoms with van der Waals surface area (Å²) in [7, 11) is 1.57. The smallest absolute Gasteiger partial charge is 0.298 e. The van der Waals surface area contributed by atoms with E-state index in [0.29, 0.717) is 11.4 Å². The lowest BCUT2D eigenvalue weighted by Gasteiger charge is -2.13. The lowest BCUT2D eigenvalue weighted by Crippen LogP contribution is -2.30. The van der Waals surface area contributed by atoms with E-state index in [9.17, 15) is 9.59 Å². The quantitative estimate of drug-likeness (QED) is 0.383. The number of amides is 1. The molecule has 0 radical (unpaired) electrons. The Balaban J connectivity index is 1.65. The summed E-state index contributed by atoms with van der Waals surface area (Å²) in [6, 6.07) is 23.1. The van der Waals surface area contributed by atoms with E-state index in [2.05, 4.69) is 23.2 Å². The molecule has 1 heterocycles. The van der Waals surface area contributed by atoms with Crippen LogP contribution in [-0.4, -0.2) is 15.5 Å². The Morgan fingerprint density at radius 3 is 2.47 bits per heavy atom. The SMILES string of the molecule is Cn1c(-c2ccccc2)nc(C(=O)NCc2ccc3ccccc3c2)c(OS)c1=O. The van der Waals surface area contributed by atoms with Crippen LogP contribution in [0.2, 0.25) is 0 Å². The number of fused-ring (bicyclic) bond motifs is 1. The lowest BCUT2D eigenvalue weighted by atomic mass is 10.1. The van der Waals surface area contributed by atoms with Crippen LogP contribution in [0.25, 0.3) is 22.2 Å². The highest BCUT2D eigenvalue weighted by Gasteiger charge is 2.22. The number of thiol groups is 1. The number of nitrogens with zero attached hydrogens (tertiary/aromatic N) is 2. The van der Waals surface area contributed by atoms with Gasteiger partial charge in [0.25, 0.3) is 11.5 Å². The standard InChI is InChI=1S/C23H19N3O3S/c1-26-21(17-8-3-2-4-9-17)25-19(20(29-30)23(26)28)22(27)24-14-15-11-12-16-7-5-6-10-18(16)13-15/h2-13,30H,14H2,1H3,(H,24,27). The largest absolute Gasteiger partial charge is 0.421 e. The van der Waals surface area contributed by atoms with E-state index in [4.69, 9.17) is 4.18 Å². The third-order valence-corrected chi connectivity index (χ3v) is 5.04. The van der Waals surface area contributed by atoms with Crippen LogP contribution in [0.4, 0.5) is 0 Å². The number of hydrogen-bond donors (Lipinski definition) is 2. The van der Waals surface area contributed by atoms with Crippen molar-refractivity contribution < 1.29 is 8.98 Å². The molecule has 0 aliphatic rings. The van der Waals surface area contributed by atoms with E-state index in [-0.39, 0.29) is 18.0 Å². The normalized spacial score (nSPS) is 10.7. The van der Waals surface area contributed by atoms with Gasteiger partial charge >= 0.3 is 0 Å². The molecule has 3 aromatic carbocycles. The minimum Gasteiger partial charge on any atom is -0.421 e. The summed E-state index contributed by atoms with van der Waals surface area (Å²) in [5.41, 5.74) is 1.05. The molecule has 1 aromatic heterocycles. The topological polar surface area (TPSA) is 73.2 Å². The molecule has 150 valence electrons. The molecular formula is C23H19N3O3S. The molecular weight excluding hydrogens is 398 g/mol. The fourth-order valence-electron chi connectivity index (χ4n) is 3.28. The number of aromatic nitrogens is 2. The Labute approximate surface area is 178 Å². The van der Waals surface area contributed by atoms with Crippen LogP contribution in [-0.2, 0) is 13.6 Å². The van der Waals surface area contributed by atoms with E-state index in [1.165, 1.54) is 4.57 Å². The Morgan fingerprint density at radius 2 is 1.73 bits per heavy atom. The van der Waals surface area contributed by atoms with Gasteiger partial charge in [0.15, 0.2) is 5.69 Å². The van der Waals surface area contributed by atoms with Gasteiger partial charge in [-0.2, -0.15) is 0 Å². The third-order valence-electron chi connectivity index (χ3n) is 4.85. The number of rotatable bonds is 5. The summed E-state index contributed by atoms with van der Waals surface area (Å²) < 4.78 is 6.25. The highest BCUT2D eigenvalue weighted by atomic mass is 32.1. The van der Waals surface area contributed by atoms with Crippen LogP contribution in [0.5, 0.6) is 5.75 Å². The van der Waals surface area contributed by atoms with Gasteiger partial charge in [-0.1, -0.05) is 66.7 Å². The molecule has 7 heteroatoms. The molecule has 4 aromatic rings. The first kappa shape index (κ1) is 19.7. The summed E-state index contributed by atoms with van der Waals surface area (Å²) in [5.74, 6) is -0.357. The zero-order valence-corrected chi connectivity index (χ0v) is 17.1. The van der Waals surface area contributed by atoms with Crippen LogP contribution >= 0.6 is 12.9 Å². The zero-order chi connectivity index (χ0) is 21.1. The summed E-state index contributed by atoms with van der Waals surface area (Å²) >= 11 is 3.76. The van der Waals surface area contributed by atoms with Gasteiger partial charge in [-0.25, -0.2) is 4.98 Å². The van der Waals surface area contributed by atoms with Crippen molar-refractivity contribution in [3.05, 3.63) is 94.4 Å². The maximum atomic E-state index is 12.9. The second-order valence-electron chi connectivity index (χ2n) is 6.80. The minimum atomic E-state index is -0.512. The molecule has 0 bridgehead atoms. The minimum absolute atomic E-state index is 0.104. The fraction of sp³-hybridized carbons (Fsp3) is 0.0870. The first-order valence-electron chi connectivity index (χ1n) is 9.32. The van der Waals surface area contributed by atoms with Gasteiger partial charge in [-0.3, -0.25) is 14.2 Å². The van der Waals surface area contributed by atoms with Gasteiger partial charge in [0.05, 0.1) is 0 Å². The van der Waals surface area contributed by atoms with Crippen molar-refractivity contribution in [2.45, 2.75) is 6.54 Å². The molecule has 0 aliphatic carbocycles. The van der Waals surface area contributed by atoms with Crippen molar-refractivity contribution in [3.8, 4) is 17.1 Å².